The molecule has 0 N–H and O–H groups in total. The SMILES string of the molecule is Cc1c[c]([Sn]([CH3])([CH3])[CH3])sc1-c1nc2sc(-c3s[c]([Sn]([CH3])([CH3])[CH3])cc3C)nc2s1. The van der Waals surface area contributed by atoms with Crippen molar-refractivity contribution < 1.29 is 0 Å². The van der Waals surface area contributed by atoms with Crippen LogP contribution in [0.25, 0.3) is 29.4 Å². The Labute approximate surface area is 191 Å². The van der Waals surface area contributed by atoms with Gasteiger partial charge < -0.3 is 0 Å². The van der Waals surface area contributed by atoms with Gasteiger partial charge in [0.15, 0.2) is 0 Å². The van der Waals surface area contributed by atoms with Crippen LogP contribution in [0.3, 0.4) is 0 Å². The van der Waals surface area contributed by atoms with Gasteiger partial charge in [-0.25, -0.2) is 0 Å². The molecule has 0 aliphatic rings. The number of aromatic nitrogens is 2. The minimum atomic E-state index is -2.03. The molecule has 0 unspecified atom stereocenters. The van der Waals surface area contributed by atoms with Crippen LogP contribution in [-0.2, 0) is 0 Å². The van der Waals surface area contributed by atoms with Crippen molar-refractivity contribution in [2.24, 2.45) is 0 Å². The van der Waals surface area contributed by atoms with Crippen molar-refractivity contribution in [1.82, 2.24) is 9.97 Å². The van der Waals surface area contributed by atoms with Gasteiger partial charge in [-0.1, -0.05) is 0 Å². The minimum absolute atomic E-state index is 1.09. The summed E-state index contributed by atoms with van der Waals surface area (Å²) in [5.41, 5.74) is 2.76. The van der Waals surface area contributed by atoms with E-state index in [1.54, 1.807) is 28.5 Å². The van der Waals surface area contributed by atoms with Crippen LogP contribution in [0, 0.1) is 13.8 Å². The van der Waals surface area contributed by atoms with Crippen molar-refractivity contribution in [1.29, 1.82) is 0 Å². The molecule has 4 aromatic heterocycles. The van der Waals surface area contributed by atoms with E-state index < -0.39 is 36.8 Å². The molecule has 0 aromatic carbocycles. The van der Waals surface area contributed by atoms with Gasteiger partial charge in [0.1, 0.15) is 0 Å². The van der Waals surface area contributed by atoms with Crippen molar-refractivity contribution in [2.75, 3.05) is 0 Å². The summed E-state index contributed by atoms with van der Waals surface area (Å²) in [7, 11) is 0. The fraction of sp³-hybridized carbons (Fsp3) is 0.400. The Kier molecular flexibility index (Phi) is 5.89. The second-order valence-corrected chi connectivity index (χ2v) is 44.3. The summed E-state index contributed by atoms with van der Waals surface area (Å²) in [5, 5.41) is 2.30. The van der Waals surface area contributed by atoms with Crippen molar-refractivity contribution >= 4 is 97.5 Å². The molecule has 4 aromatic rings. The first-order chi connectivity index (χ1) is 12.9. The van der Waals surface area contributed by atoms with E-state index in [0.29, 0.717) is 0 Å². The Morgan fingerprint density at radius 3 is 1.25 bits per heavy atom. The monoisotopic (exact) mass is 662 g/mol. The third kappa shape index (κ3) is 4.15. The number of aryl methyl sites for hydroxylation is 2. The van der Waals surface area contributed by atoms with Gasteiger partial charge in [0.25, 0.3) is 0 Å². The van der Waals surface area contributed by atoms with Gasteiger partial charge in [0.05, 0.1) is 0 Å². The molecule has 0 amide bonds. The molecule has 2 nitrogen and oxygen atoms in total. The number of hydrogen-bond donors (Lipinski definition) is 0. The van der Waals surface area contributed by atoms with Crippen molar-refractivity contribution in [3.63, 3.8) is 0 Å². The van der Waals surface area contributed by atoms with Crippen LogP contribution in [0.2, 0.25) is 29.6 Å². The fourth-order valence-corrected chi connectivity index (χ4v) is 18.4. The van der Waals surface area contributed by atoms with E-state index in [0.717, 1.165) is 19.7 Å². The molecule has 0 aliphatic heterocycles. The van der Waals surface area contributed by atoms with Gasteiger partial charge in [-0.15, -0.1) is 0 Å². The first-order valence-corrected chi connectivity index (χ1v) is 32.7. The van der Waals surface area contributed by atoms with Gasteiger partial charge in [-0.05, 0) is 0 Å². The maximum absolute atomic E-state index is 5.00. The predicted octanol–water partition coefficient (Wildman–Crippen LogP) is 6.92. The Bertz CT molecular complexity index is 1050. The van der Waals surface area contributed by atoms with Crippen LogP contribution < -0.4 is 5.79 Å². The molecule has 0 bridgehead atoms. The number of nitrogens with zero attached hydrogens (tertiary/aromatic N) is 2. The van der Waals surface area contributed by atoms with Crippen LogP contribution in [0.5, 0.6) is 0 Å². The third-order valence-electron chi connectivity index (χ3n) is 4.68. The van der Waals surface area contributed by atoms with Crippen LogP contribution in [0.1, 0.15) is 11.1 Å². The fourth-order valence-electron chi connectivity index (χ4n) is 2.96. The molecule has 0 aliphatic carbocycles. The summed E-state index contributed by atoms with van der Waals surface area (Å²) in [6, 6.07) is 4.83. The molecule has 0 radical (unpaired) electrons. The van der Waals surface area contributed by atoms with E-state index in [9.17, 15) is 0 Å². The molecule has 0 saturated heterocycles. The van der Waals surface area contributed by atoms with Gasteiger partial charge in [0, 0.05) is 0 Å². The Morgan fingerprint density at radius 2 is 0.964 bits per heavy atom. The Hall–Kier alpha value is 0.517. The molecule has 148 valence electrons. The quantitative estimate of drug-likeness (QED) is 0.223. The molecule has 8 heteroatoms. The van der Waals surface area contributed by atoms with Gasteiger partial charge in [0.2, 0.25) is 0 Å². The van der Waals surface area contributed by atoms with Crippen molar-refractivity contribution in [2.45, 2.75) is 43.5 Å². The molecular formula is C20H26N2S4Sn2. The van der Waals surface area contributed by atoms with E-state index in [1.807, 2.05) is 22.7 Å². The zero-order valence-electron chi connectivity index (χ0n) is 17.7. The second-order valence-electron chi connectivity index (χ2n) is 9.39. The molecule has 4 heterocycles. The van der Waals surface area contributed by atoms with E-state index in [-0.39, 0.29) is 0 Å². The Morgan fingerprint density at radius 1 is 0.607 bits per heavy atom. The average molecular weight is 660 g/mol. The summed E-state index contributed by atoms with van der Waals surface area (Å²) in [5.74, 6) is 0. The van der Waals surface area contributed by atoms with Crippen LogP contribution in [0.15, 0.2) is 12.1 Å². The molecule has 4 rings (SSSR count). The predicted molar refractivity (Wildman–Crippen MR) is 137 cm³/mol. The van der Waals surface area contributed by atoms with E-state index in [4.69, 9.17) is 9.97 Å². The normalized spacial score (nSPS) is 13.0. The number of thiophene rings is 2. The number of hydrogen-bond acceptors (Lipinski definition) is 6. The number of thiazole rings is 2. The zero-order valence-corrected chi connectivity index (χ0v) is 26.7. The molecule has 0 spiro atoms. The summed E-state index contributed by atoms with van der Waals surface area (Å²) in [6.45, 7) is 4.46. The van der Waals surface area contributed by atoms with Gasteiger partial charge >= 0.3 is 194 Å². The van der Waals surface area contributed by atoms with E-state index >= 15 is 0 Å². The van der Waals surface area contributed by atoms with Crippen molar-refractivity contribution in [3.05, 3.63) is 23.3 Å². The number of fused-ring (bicyclic) bond motifs is 1. The second kappa shape index (κ2) is 7.58. The molecule has 28 heavy (non-hydrogen) atoms. The summed E-state index contributed by atoms with van der Waals surface area (Å²) in [4.78, 5) is 29.8. The number of rotatable bonds is 4. The average Bonchev–Trinajstić information content (AvgIpc) is 3.26. The van der Waals surface area contributed by atoms with Gasteiger partial charge in [-0.3, -0.25) is 0 Å². The molecule has 0 atom stereocenters. The summed E-state index contributed by atoms with van der Waals surface area (Å²) >= 11 is 3.41. The topological polar surface area (TPSA) is 25.8 Å². The van der Waals surface area contributed by atoms with Crippen molar-refractivity contribution in [3.8, 4) is 19.8 Å². The molecule has 0 fully saturated rings. The van der Waals surface area contributed by atoms with E-state index in [1.165, 1.54) is 20.9 Å². The standard InChI is InChI=1S/C14H8N2S4.6CH3.2Sn/c1-7-3-5-17-9(7)11-15-13-14(19-11)16-12(20-13)10-8(2)4-6-18-10;;;;;;;;/h3-4H,1-2H3;6*1H3;;. The molecular weight excluding hydrogens is 634 g/mol. The van der Waals surface area contributed by atoms with Crippen LogP contribution >= 0.6 is 45.3 Å². The maximum atomic E-state index is 5.00. The first-order valence-electron chi connectivity index (χ1n) is 9.43. The summed E-state index contributed by atoms with van der Waals surface area (Å²) < 4.78 is 3.26. The van der Waals surface area contributed by atoms with Gasteiger partial charge in [-0.2, -0.15) is 0 Å². The third-order valence-corrected chi connectivity index (χ3v) is 28.3. The van der Waals surface area contributed by atoms with Crippen LogP contribution in [-0.4, -0.2) is 46.7 Å². The molecule has 0 saturated carbocycles. The first kappa shape index (κ1) is 21.7. The van der Waals surface area contributed by atoms with E-state index in [2.05, 4.69) is 55.6 Å². The Balaban J connectivity index is 1.72. The summed E-state index contributed by atoms with van der Waals surface area (Å²) in [6.07, 6.45) is 0. The zero-order chi connectivity index (χ0) is 20.4. The van der Waals surface area contributed by atoms with Crippen LogP contribution in [0.4, 0.5) is 0 Å².